The van der Waals surface area contributed by atoms with Crippen molar-refractivity contribution in [3.8, 4) is 0 Å². The number of hydrogen-bond acceptors (Lipinski definition) is 1. The molecular formula is C16H17BrClN. The monoisotopic (exact) mass is 337 g/mol. The van der Waals surface area contributed by atoms with E-state index < -0.39 is 0 Å². The van der Waals surface area contributed by atoms with E-state index >= 15 is 0 Å². The van der Waals surface area contributed by atoms with Crippen LogP contribution in [0, 0.1) is 0 Å². The van der Waals surface area contributed by atoms with Crippen LogP contribution in [0.15, 0.2) is 46.9 Å². The van der Waals surface area contributed by atoms with Gasteiger partial charge in [-0.1, -0.05) is 64.8 Å². The molecule has 1 N–H and O–H groups in total. The van der Waals surface area contributed by atoms with Crippen LogP contribution in [0.2, 0.25) is 5.02 Å². The molecule has 0 aliphatic carbocycles. The molecule has 0 saturated carbocycles. The highest BCUT2D eigenvalue weighted by atomic mass is 79.9. The van der Waals surface area contributed by atoms with Crippen LogP contribution < -0.4 is 5.32 Å². The maximum Gasteiger partial charge on any atom is 0.0589 e. The van der Waals surface area contributed by atoms with Crippen molar-refractivity contribution in [2.45, 2.75) is 19.4 Å². The maximum atomic E-state index is 6.36. The predicted molar refractivity (Wildman–Crippen MR) is 85.9 cm³/mol. The molecule has 2 aromatic carbocycles. The Kier molecular flexibility index (Phi) is 5.03. The normalized spacial score (nSPS) is 12.4. The van der Waals surface area contributed by atoms with Gasteiger partial charge in [0.05, 0.1) is 6.04 Å². The standard InChI is InChI=1S/C16H17BrClN/c1-3-11-5-4-6-12(9-11)16(19-2)14-8-7-13(17)10-15(14)18/h4-10,16,19H,3H2,1-2H3. The molecule has 0 aliphatic rings. The minimum atomic E-state index is 0.118. The lowest BCUT2D eigenvalue weighted by Gasteiger charge is -2.19. The highest BCUT2D eigenvalue weighted by Gasteiger charge is 2.15. The molecule has 0 amide bonds. The zero-order valence-electron chi connectivity index (χ0n) is 11.1. The van der Waals surface area contributed by atoms with Crippen LogP contribution in [0.4, 0.5) is 0 Å². The summed E-state index contributed by atoms with van der Waals surface area (Å²) < 4.78 is 0.999. The number of halogens is 2. The number of aryl methyl sites for hydroxylation is 1. The molecule has 19 heavy (non-hydrogen) atoms. The Morgan fingerprint density at radius 1 is 1.21 bits per heavy atom. The van der Waals surface area contributed by atoms with Crippen molar-refractivity contribution >= 4 is 27.5 Å². The summed E-state index contributed by atoms with van der Waals surface area (Å²) in [6, 6.07) is 14.8. The summed E-state index contributed by atoms with van der Waals surface area (Å²) in [6.07, 6.45) is 1.04. The summed E-state index contributed by atoms with van der Waals surface area (Å²) in [5.41, 5.74) is 3.68. The third-order valence-electron chi connectivity index (χ3n) is 3.25. The van der Waals surface area contributed by atoms with Crippen molar-refractivity contribution in [3.63, 3.8) is 0 Å². The van der Waals surface area contributed by atoms with Gasteiger partial charge >= 0.3 is 0 Å². The molecule has 0 saturated heterocycles. The minimum Gasteiger partial charge on any atom is -0.309 e. The lowest BCUT2D eigenvalue weighted by molar-refractivity contribution is 0.691. The van der Waals surface area contributed by atoms with Gasteiger partial charge in [-0.25, -0.2) is 0 Å². The van der Waals surface area contributed by atoms with Crippen molar-refractivity contribution in [1.29, 1.82) is 0 Å². The summed E-state index contributed by atoms with van der Waals surface area (Å²) in [5, 5.41) is 4.12. The maximum absolute atomic E-state index is 6.36. The van der Waals surface area contributed by atoms with Crippen LogP contribution in [-0.4, -0.2) is 7.05 Å². The van der Waals surface area contributed by atoms with Gasteiger partial charge in [-0.05, 0) is 42.3 Å². The summed E-state index contributed by atoms with van der Waals surface area (Å²) in [5.74, 6) is 0. The van der Waals surface area contributed by atoms with Crippen LogP contribution in [0.25, 0.3) is 0 Å². The number of hydrogen-bond donors (Lipinski definition) is 1. The van der Waals surface area contributed by atoms with E-state index in [1.54, 1.807) is 0 Å². The predicted octanol–water partition coefficient (Wildman–Crippen LogP) is 4.97. The molecule has 0 aromatic heterocycles. The molecule has 1 nitrogen and oxygen atoms in total. The molecule has 2 aromatic rings. The Hall–Kier alpha value is -0.830. The van der Waals surface area contributed by atoms with Gasteiger partial charge in [0.15, 0.2) is 0 Å². The van der Waals surface area contributed by atoms with Crippen LogP contribution in [0.5, 0.6) is 0 Å². The Balaban J connectivity index is 2.43. The second-order valence-corrected chi connectivity index (χ2v) is 5.81. The van der Waals surface area contributed by atoms with Gasteiger partial charge in [-0.15, -0.1) is 0 Å². The SMILES string of the molecule is CCc1cccc(C(NC)c2ccc(Br)cc2Cl)c1. The number of rotatable bonds is 4. The second-order valence-electron chi connectivity index (χ2n) is 4.49. The van der Waals surface area contributed by atoms with E-state index in [1.165, 1.54) is 11.1 Å². The third-order valence-corrected chi connectivity index (χ3v) is 4.08. The molecule has 0 bridgehead atoms. The molecule has 1 unspecified atom stereocenters. The Morgan fingerprint density at radius 2 is 2.00 bits per heavy atom. The van der Waals surface area contributed by atoms with Crippen molar-refractivity contribution in [2.75, 3.05) is 7.05 Å². The van der Waals surface area contributed by atoms with Crippen molar-refractivity contribution in [1.82, 2.24) is 5.32 Å². The second kappa shape index (κ2) is 6.56. The number of benzene rings is 2. The van der Waals surface area contributed by atoms with Gasteiger partial charge in [-0.3, -0.25) is 0 Å². The lowest BCUT2D eigenvalue weighted by atomic mass is 9.96. The van der Waals surface area contributed by atoms with Gasteiger partial charge in [-0.2, -0.15) is 0 Å². The Labute approximate surface area is 128 Å². The average Bonchev–Trinajstić information content (AvgIpc) is 2.42. The van der Waals surface area contributed by atoms with E-state index in [0.29, 0.717) is 0 Å². The first kappa shape index (κ1) is 14.6. The highest BCUT2D eigenvalue weighted by Crippen LogP contribution is 2.30. The molecule has 0 aliphatic heterocycles. The fourth-order valence-corrected chi connectivity index (χ4v) is 3.01. The van der Waals surface area contributed by atoms with Gasteiger partial charge in [0, 0.05) is 9.50 Å². The highest BCUT2D eigenvalue weighted by molar-refractivity contribution is 9.10. The van der Waals surface area contributed by atoms with Gasteiger partial charge in [0.2, 0.25) is 0 Å². The van der Waals surface area contributed by atoms with E-state index in [4.69, 9.17) is 11.6 Å². The lowest BCUT2D eigenvalue weighted by Crippen LogP contribution is -2.18. The summed E-state index contributed by atoms with van der Waals surface area (Å²) in [4.78, 5) is 0. The Bertz CT molecular complexity index is 568. The Morgan fingerprint density at radius 3 is 2.63 bits per heavy atom. The molecule has 0 heterocycles. The summed E-state index contributed by atoms with van der Waals surface area (Å²) >= 11 is 9.80. The van der Waals surface area contributed by atoms with Gasteiger partial charge in [0.1, 0.15) is 0 Å². The van der Waals surface area contributed by atoms with Crippen molar-refractivity contribution in [3.05, 3.63) is 68.7 Å². The fraction of sp³-hybridized carbons (Fsp3) is 0.250. The zero-order chi connectivity index (χ0) is 13.8. The molecule has 2 rings (SSSR count). The van der Waals surface area contributed by atoms with E-state index in [2.05, 4.69) is 58.5 Å². The molecular weight excluding hydrogens is 322 g/mol. The van der Waals surface area contributed by atoms with E-state index in [-0.39, 0.29) is 6.04 Å². The van der Waals surface area contributed by atoms with Crippen LogP contribution in [0.1, 0.15) is 29.7 Å². The molecule has 0 radical (unpaired) electrons. The van der Waals surface area contributed by atoms with Gasteiger partial charge < -0.3 is 5.32 Å². The van der Waals surface area contributed by atoms with Crippen molar-refractivity contribution in [2.24, 2.45) is 0 Å². The zero-order valence-corrected chi connectivity index (χ0v) is 13.4. The summed E-state index contributed by atoms with van der Waals surface area (Å²) in [6.45, 7) is 2.17. The van der Waals surface area contributed by atoms with Gasteiger partial charge in [0.25, 0.3) is 0 Å². The molecule has 1 atom stereocenters. The van der Waals surface area contributed by atoms with E-state index in [0.717, 1.165) is 21.5 Å². The van der Waals surface area contributed by atoms with Crippen LogP contribution in [0.3, 0.4) is 0 Å². The van der Waals surface area contributed by atoms with E-state index in [1.807, 2.05) is 19.2 Å². The first-order valence-corrected chi connectivity index (χ1v) is 7.54. The first-order valence-electron chi connectivity index (χ1n) is 6.36. The smallest absolute Gasteiger partial charge is 0.0589 e. The molecule has 0 spiro atoms. The molecule has 0 fully saturated rings. The molecule has 3 heteroatoms. The first-order chi connectivity index (χ1) is 9.15. The van der Waals surface area contributed by atoms with E-state index in [9.17, 15) is 0 Å². The molecule has 100 valence electrons. The van der Waals surface area contributed by atoms with Crippen LogP contribution >= 0.6 is 27.5 Å². The van der Waals surface area contributed by atoms with Crippen LogP contribution in [-0.2, 0) is 6.42 Å². The third kappa shape index (κ3) is 3.38. The largest absolute Gasteiger partial charge is 0.309 e. The number of nitrogens with one attached hydrogen (secondary N) is 1. The topological polar surface area (TPSA) is 12.0 Å². The average molecular weight is 339 g/mol. The van der Waals surface area contributed by atoms with Crippen molar-refractivity contribution < 1.29 is 0 Å². The quantitative estimate of drug-likeness (QED) is 0.829. The minimum absolute atomic E-state index is 0.118. The fourth-order valence-electron chi connectivity index (χ4n) is 2.23. The summed E-state index contributed by atoms with van der Waals surface area (Å²) in [7, 11) is 1.96.